The number of carbonyl (C=O) groups excluding carboxylic acids is 1. The van der Waals surface area contributed by atoms with E-state index in [2.05, 4.69) is 55.8 Å². The van der Waals surface area contributed by atoms with Gasteiger partial charge >= 0.3 is 6.09 Å². The van der Waals surface area contributed by atoms with Crippen LogP contribution in [0.15, 0.2) is 24.3 Å². The molecule has 2 aromatic rings. The zero-order chi connectivity index (χ0) is 24.6. The van der Waals surface area contributed by atoms with E-state index in [-0.39, 0.29) is 5.04 Å². The van der Waals surface area contributed by atoms with Crippen LogP contribution in [0.1, 0.15) is 52.8 Å². The van der Waals surface area contributed by atoms with Gasteiger partial charge < -0.3 is 9.16 Å². The molecule has 0 N–H and O–H groups in total. The third-order valence-electron chi connectivity index (χ3n) is 6.76. The van der Waals surface area contributed by atoms with E-state index in [1.165, 1.54) is 10.1 Å². The van der Waals surface area contributed by atoms with Gasteiger partial charge in [0.05, 0.1) is 12.2 Å². The van der Waals surface area contributed by atoms with Crippen molar-refractivity contribution < 1.29 is 14.0 Å². The predicted octanol–water partition coefficient (Wildman–Crippen LogP) is 5.58. The molecule has 1 fully saturated rings. The van der Waals surface area contributed by atoms with Crippen LogP contribution >= 0.6 is 0 Å². The molecule has 0 bridgehead atoms. The Morgan fingerprint density at radius 3 is 2.18 bits per heavy atom. The molecule has 1 aromatic heterocycles. The standard InChI is InChI=1S/C26H41N3O3Si/c1-20-16-22-17-21(10-11-23(22)29(20)24(30)32-25(2,3)4)18-27-12-14-28(15-13-27)19-31-33(8,9)26(5,6)7/h1,10-11,16-17H,12-15,18-19H2,2-9H3. The largest absolute Gasteiger partial charge is 0.443 e. The van der Waals surface area contributed by atoms with Crippen molar-refractivity contribution in [1.29, 1.82) is 0 Å². The molecule has 0 atom stereocenters. The van der Waals surface area contributed by atoms with Crippen LogP contribution in [0.2, 0.25) is 18.1 Å². The topological polar surface area (TPSA) is 46.9 Å². The lowest BCUT2D eigenvalue weighted by molar-refractivity contribution is 0.0542. The van der Waals surface area contributed by atoms with E-state index < -0.39 is 20.0 Å². The number of benzene rings is 1. The van der Waals surface area contributed by atoms with Crippen LogP contribution in [0, 0.1) is 6.92 Å². The van der Waals surface area contributed by atoms with Crippen molar-refractivity contribution in [2.45, 2.75) is 71.8 Å². The summed E-state index contributed by atoms with van der Waals surface area (Å²) < 4.78 is 13.4. The Bertz CT molecular complexity index is 977. The summed E-state index contributed by atoms with van der Waals surface area (Å²) in [5.41, 5.74) is 1.82. The highest BCUT2D eigenvalue weighted by Gasteiger charge is 2.37. The minimum absolute atomic E-state index is 0.235. The summed E-state index contributed by atoms with van der Waals surface area (Å²) in [4.78, 5) is 17.5. The second-order valence-electron chi connectivity index (χ2n) is 11.7. The summed E-state index contributed by atoms with van der Waals surface area (Å²) in [6, 6.07) is 8.02. The van der Waals surface area contributed by atoms with Gasteiger partial charge in [-0.1, -0.05) is 26.8 Å². The lowest BCUT2D eigenvalue weighted by Crippen LogP contribution is -2.50. The number of carbonyl (C=O) groups is 1. The first-order valence-corrected chi connectivity index (χ1v) is 14.8. The monoisotopic (exact) mass is 471 g/mol. The van der Waals surface area contributed by atoms with Crippen molar-refractivity contribution in [2.24, 2.45) is 0 Å². The molecule has 1 aromatic carbocycles. The number of rotatable bonds is 5. The van der Waals surface area contributed by atoms with Crippen LogP contribution in [0.25, 0.3) is 10.9 Å². The first-order valence-electron chi connectivity index (χ1n) is 11.9. The van der Waals surface area contributed by atoms with Crippen molar-refractivity contribution >= 4 is 25.3 Å². The van der Waals surface area contributed by atoms with E-state index in [0.717, 1.165) is 50.4 Å². The van der Waals surface area contributed by atoms with Crippen molar-refractivity contribution in [2.75, 3.05) is 32.9 Å². The molecule has 0 spiro atoms. The SMILES string of the molecule is [CH]c1cc2cc(CN3CCN(CO[Si](C)(C)C(C)(C)C)CC3)ccc2n1C(=O)OC(C)(C)C. The molecule has 33 heavy (non-hydrogen) atoms. The van der Waals surface area contributed by atoms with Gasteiger partial charge in [0.2, 0.25) is 0 Å². The lowest BCUT2D eigenvalue weighted by atomic mass is 10.1. The molecule has 182 valence electrons. The highest BCUT2D eigenvalue weighted by molar-refractivity contribution is 6.74. The third-order valence-corrected chi connectivity index (χ3v) is 11.2. The molecule has 1 aliphatic rings. The van der Waals surface area contributed by atoms with Crippen LogP contribution in [-0.2, 0) is 15.7 Å². The second-order valence-corrected chi connectivity index (χ2v) is 16.5. The third kappa shape index (κ3) is 6.47. The molecule has 0 saturated carbocycles. The minimum Gasteiger partial charge on any atom is -0.443 e. The zero-order valence-corrected chi connectivity index (χ0v) is 22.7. The Balaban J connectivity index is 1.58. The van der Waals surface area contributed by atoms with Gasteiger partial charge in [-0.25, -0.2) is 9.36 Å². The fraction of sp³-hybridized carbons (Fsp3) is 0.615. The van der Waals surface area contributed by atoms with Crippen LogP contribution in [-0.4, -0.2) is 67.3 Å². The van der Waals surface area contributed by atoms with E-state index in [1.807, 2.05) is 32.9 Å². The molecule has 6 nitrogen and oxygen atoms in total. The van der Waals surface area contributed by atoms with E-state index in [4.69, 9.17) is 16.1 Å². The summed E-state index contributed by atoms with van der Waals surface area (Å²) in [7, 11) is -1.72. The van der Waals surface area contributed by atoms with Gasteiger partial charge in [0.15, 0.2) is 8.32 Å². The van der Waals surface area contributed by atoms with Crippen LogP contribution < -0.4 is 0 Å². The Kier molecular flexibility index (Phi) is 7.49. The molecule has 7 heteroatoms. The summed E-state index contributed by atoms with van der Waals surface area (Å²) >= 11 is 0. The van der Waals surface area contributed by atoms with Crippen LogP contribution in [0.5, 0.6) is 0 Å². The second kappa shape index (κ2) is 9.53. The number of nitrogens with zero attached hydrogens (tertiary/aromatic N) is 3. The molecule has 0 unspecified atom stereocenters. The Morgan fingerprint density at radius 1 is 1.00 bits per heavy atom. The van der Waals surface area contributed by atoms with Gasteiger partial charge in [-0.05, 0) is 62.7 Å². The first kappa shape index (κ1) is 25.9. The number of aromatic nitrogens is 1. The van der Waals surface area contributed by atoms with E-state index >= 15 is 0 Å². The summed E-state index contributed by atoms with van der Waals surface area (Å²) in [6.45, 7) is 28.8. The first-order chi connectivity index (χ1) is 15.2. The number of fused-ring (bicyclic) bond motifs is 1. The molecular weight excluding hydrogens is 430 g/mol. The van der Waals surface area contributed by atoms with Gasteiger partial charge in [-0.3, -0.25) is 9.80 Å². The van der Waals surface area contributed by atoms with Gasteiger partial charge in [0.1, 0.15) is 5.60 Å². The average molecular weight is 472 g/mol. The maximum Gasteiger partial charge on any atom is 0.419 e. The maximum absolute atomic E-state index is 12.6. The highest BCUT2D eigenvalue weighted by atomic mass is 28.4. The quantitative estimate of drug-likeness (QED) is 0.533. The normalized spacial score (nSPS) is 17.0. The molecule has 1 aliphatic heterocycles. The van der Waals surface area contributed by atoms with E-state index in [9.17, 15) is 4.79 Å². The fourth-order valence-corrected chi connectivity index (χ4v) is 4.64. The van der Waals surface area contributed by atoms with Crippen LogP contribution in [0.4, 0.5) is 4.79 Å². The summed E-state index contributed by atoms with van der Waals surface area (Å²) in [5.74, 6) is 0. The maximum atomic E-state index is 12.6. The molecule has 2 heterocycles. The van der Waals surface area contributed by atoms with E-state index in [1.54, 1.807) is 0 Å². The number of piperazine rings is 1. The molecule has 3 rings (SSSR count). The molecular formula is C26H41N3O3Si. The number of hydrogen-bond acceptors (Lipinski definition) is 5. The van der Waals surface area contributed by atoms with Crippen molar-refractivity contribution in [1.82, 2.24) is 14.4 Å². The molecule has 1 saturated heterocycles. The molecule has 0 aliphatic carbocycles. The van der Waals surface area contributed by atoms with Crippen molar-refractivity contribution in [3.8, 4) is 0 Å². The predicted molar refractivity (Wildman–Crippen MR) is 137 cm³/mol. The average Bonchev–Trinajstić information content (AvgIpc) is 3.00. The number of hydrogen-bond donors (Lipinski definition) is 0. The van der Waals surface area contributed by atoms with Crippen molar-refractivity contribution in [3.63, 3.8) is 0 Å². The van der Waals surface area contributed by atoms with Crippen LogP contribution in [0.3, 0.4) is 0 Å². The number of ether oxygens (including phenoxy) is 1. The van der Waals surface area contributed by atoms with Gasteiger partial charge in [-0.15, -0.1) is 0 Å². The van der Waals surface area contributed by atoms with Crippen molar-refractivity contribution in [3.05, 3.63) is 42.4 Å². The van der Waals surface area contributed by atoms with Gasteiger partial charge in [0.25, 0.3) is 0 Å². The minimum atomic E-state index is -1.72. The Morgan fingerprint density at radius 2 is 1.61 bits per heavy atom. The highest BCUT2D eigenvalue weighted by Crippen LogP contribution is 2.36. The fourth-order valence-electron chi connectivity index (χ4n) is 3.70. The molecule has 0 amide bonds. The summed E-state index contributed by atoms with van der Waals surface area (Å²) in [5, 5.41) is 1.19. The van der Waals surface area contributed by atoms with E-state index in [0.29, 0.717) is 5.69 Å². The van der Waals surface area contributed by atoms with Gasteiger partial charge in [-0.2, -0.15) is 0 Å². The molecule has 2 radical (unpaired) electrons. The summed E-state index contributed by atoms with van der Waals surface area (Å²) in [6.07, 6.45) is -0.446. The van der Waals surface area contributed by atoms with Gasteiger partial charge in [0, 0.05) is 50.7 Å². The Labute approximate surface area is 201 Å². The zero-order valence-electron chi connectivity index (χ0n) is 21.7. The smallest absolute Gasteiger partial charge is 0.419 e. The lowest BCUT2D eigenvalue weighted by Gasteiger charge is -2.40. The Hall–Kier alpha value is -1.67.